The number of benzene rings is 6. The minimum atomic E-state index is 0.868. The second kappa shape index (κ2) is 8.58. The lowest BCUT2D eigenvalue weighted by Crippen LogP contribution is -1.99. The van der Waals surface area contributed by atoms with Crippen LogP contribution in [-0.4, -0.2) is 18.3 Å². The highest BCUT2D eigenvalue weighted by atomic mass is 32.1. The average Bonchev–Trinajstić information content (AvgIpc) is 3.64. The molecule has 2 heterocycles. The Morgan fingerprint density at radius 3 is 1.95 bits per heavy atom. The Kier molecular flexibility index (Phi) is 4.87. The minimum absolute atomic E-state index is 0.868. The number of nitrogens with zero attached hydrogens (tertiary/aromatic N) is 4. The van der Waals surface area contributed by atoms with E-state index in [9.17, 15) is 0 Å². The largest absolute Gasteiger partial charge is 0.292 e. The van der Waals surface area contributed by atoms with E-state index in [0.29, 0.717) is 0 Å². The third-order valence-electron chi connectivity index (χ3n) is 7.57. The Morgan fingerprint density at radius 2 is 1.21 bits per heavy atom. The topological polar surface area (TPSA) is 43.6 Å². The Morgan fingerprint density at radius 1 is 0.564 bits per heavy atom. The quantitative estimate of drug-likeness (QED) is 0.219. The van der Waals surface area contributed by atoms with Gasteiger partial charge in [-0.3, -0.25) is 4.57 Å². The molecule has 8 rings (SSSR count). The number of hydrogen-bond acceptors (Lipinski definition) is 4. The Hall–Kier alpha value is -4.87. The molecule has 0 spiro atoms. The van der Waals surface area contributed by atoms with Crippen molar-refractivity contribution in [2.45, 2.75) is 6.92 Å². The van der Waals surface area contributed by atoms with Crippen molar-refractivity contribution >= 4 is 55.3 Å². The molecule has 0 saturated carbocycles. The number of imidazole rings is 1. The first-order valence-electron chi connectivity index (χ1n) is 13.0. The number of aryl methyl sites for hydroxylation is 1. The van der Waals surface area contributed by atoms with Crippen molar-refractivity contribution in [1.29, 1.82) is 0 Å². The van der Waals surface area contributed by atoms with Crippen LogP contribution in [-0.2, 0) is 0 Å². The first kappa shape index (κ1) is 22.1. The van der Waals surface area contributed by atoms with Gasteiger partial charge in [0.2, 0.25) is 0 Å². The van der Waals surface area contributed by atoms with E-state index in [1.165, 1.54) is 44.6 Å². The van der Waals surface area contributed by atoms with E-state index >= 15 is 0 Å². The molecular weight excluding hydrogens is 496 g/mol. The summed E-state index contributed by atoms with van der Waals surface area (Å²) in [7, 11) is 0. The maximum atomic E-state index is 5.36. The molecule has 0 bridgehead atoms. The summed E-state index contributed by atoms with van der Waals surface area (Å²) in [5, 5.41) is 4.75. The molecule has 0 amide bonds. The molecular formula is C34H22N4S. The third-order valence-corrected chi connectivity index (χ3v) is 8.11. The van der Waals surface area contributed by atoms with Crippen LogP contribution in [0, 0.1) is 6.92 Å². The Balaban J connectivity index is 1.48. The zero-order chi connectivity index (χ0) is 25.9. The summed E-state index contributed by atoms with van der Waals surface area (Å²) in [4.78, 5) is 5.36. The number of aromatic nitrogens is 4. The second-order valence-electron chi connectivity index (χ2n) is 9.91. The van der Waals surface area contributed by atoms with Gasteiger partial charge in [-0.1, -0.05) is 96.6 Å². The van der Waals surface area contributed by atoms with E-state index in [0.717, 1.165) is 44.5 Å². The molecule has 0 radical (unpaired) electrons. The highest BCUT2D eigenvalue weighted by molar-refractivity contribution is 7.00. The van der Waals surface area contributed by atoms with Crippen LogP contribution >= 0.6 is 11.7 Å². The van der Waals surface area contributed by atoms with Gasteiger partial charge in [-0.2, -0.15) is 8.75 Å². The lowest BCUT2D eigenvalue weighted by atomic mass is 9.99. The van der Waals surface area contributed by atoms with Crippen LogP contribution < -0.4 is 0 Å². The molecule has 8 aromatic rings. The molecule has 4 nitrogen and oxygen atoms in total. The summed E-state index contributed by atoms with van der Waals surface area (Å²) in [5.74, 6) is 0.868. The summed E-state index contributed by atoms with van der Waals surface area (Å²) in [6.45, 7) is 2.12. The average molecular weight is 519 g/mol. The van der Waals surface area contributed by atoms with E-state index in [2.05, 4.69) is 123 Å². The molecule has 39 heavy (non-hydrogen) atoms. The van der Waals surface area contributed by atoms with Crippen molar-refractivity contribution in [2.75, 3.05) is 0 Å². The van der Waals surface area contributed by atoms with Gasteiger partial charge in [-0.15, -0.1) is 0 Å². The van der Waals surface area contributed by atoms with Crippen molar-refractivity contribution in [1.82, 2.24) is 18.3 Å². The van der Waals surface area contributed by atoms with Crippen molar-refractivity contribution in [2.24, 2.45) is 0 Å². The van der Waals surface area contributed by atoms with Gasteiger partial charge < -0.3 is 0 Å². The van der Waals surface area contributed by atoms with Crippen molar-refractivity contribution in [3.63, 3.8) is 0 Å². The summed E-state index contributed by atoms with van der Waals surface area (Å²) in [6, 6.07) is 40.8. The molecule has 0 N–H and O–H groups in total. The molecule has 0 aliphatic carbocycles. The van der Waals surface area contributed by atoms with Gasteiger partial charge in [0.25, 0.3) is 0 Å². The van der Waals surface area contributed by atoms with Crippen molar-refractivity contribution < 1.29 is 0 Å². The summed E-state index contributed by atoms with van der Waals surface area (Å²) in [5.41, 5.74) is 9.55. The van der Waals surface area contributed by atoms with Crippen LogP contribution in [0.15, 0.2) is 115 Å². The fourth-order valence-corrected chi connectivity index (χ4v) is 6.22. The van der Waals surface area contributed by atoms with Gasteiger partial charge in [0.15, 0.2) is 0 Å². The van der Waals surface area contributed by atoms with Gasteiger partial charge in [0.1, 0.15) is 16.9 Å². The van der Waals surface area contributed by atoms with E-state index in [4.69, 9.17) is 4.98 Å². The van der Waals surface area contributed by atoms with Crippen LogP contribution in [0.1, 0.15) is 5.56 Å². The lowest BCUT2D eigenvalue weighted by Gasteiger charge is -2.13. The number of fused-ring (bicyclic) bond motifs is 7. The van der Waals surface area contributed by atoms with Crippen LogP contribution in [0.5, 0.6) is 0 Å². The highest BCUT2D eigenvalue weighted by Crippen LogP contribution is 2.40. The molecule has 0 aliphatic rings. The summed E-state index contributed by atoms with van der Waals surface area (Å²) in [6.07, 6.45) is 0. The van der Waals surface area contributed by atoms with Gasteiger partial charge >= 0.3 is 0 Å². The number of rotatable bonds is 3. The minimum Gasteiger partial charge on any atom is -0.292 e. The standard InChI is InChI=1S/C34H22N4S/c1-21-13-15-22(16-14-21)23-17-19-24(20-18-23)38-33-28-10-5-3-8-26(28)25-7-2-4-9-27(25)32(33)35-34(38)29-11-6-12-30-31(29)37-39-36-30/h2-20H,1H3. The van der Waals surface area contributed by atoms with Gasteiger partial charge in [-0.05, 0) is 53.1 Å². The third kappa shape index (κ3) is 3.40. The molecule has 0 atom stereocenters. The molecule has 184 valence electrons. The normalized spacial score (nSPS) is 11.7. The highest BCUT2D eigenvalue weighted by Gasteiger charge is 2.22. The van der Waals surface area contributed by atoms with Crippen LogP contribution in [0.4, 0.5) is 0 Å². The Labute approximate surface area is 229 Å². The summed E-state index contributed by atoms with van der Waals surface area (Å²) < 4.78 is 11.5. The first-order chi connectivity index (χ1) is 19.3. The van der Waals surface area contributed by atoms with E-state index in [1.54, 1.807) is 0 Å². The van der Waals surface area contributed by atoms with Crippen LogP contribution in [0.25, 0.3) is 71.8 Å². The van der Waals surface area contributed by atoms with Crippen LogP contribution in [0.2, 0.25) is 0 Å². The smallest absolute Gasteiger partial charge is 0.148 e. The fourth-order valence-electron chi connectivity index (χ4n) is 5.67. The van der Waals surface area contributed by atoms with Gasteiger partial charge in [0.05, 0.1) is 22.8 Å². The molecule has 0 saturated heterocycles. The fraction of sp³-hybridized carbons (Fsp3) is 0.0294. The second-order valence-corrected chi connectivity index (χ2v) is 10.4. The maximum Gasteiger partial charge on any atom is 0.148 e. The zero-order valence-corrected chi connectivity index (χ0v) is 22.0. The molecule has 0 unspecified atom stereocenters. The Bertz CT molecular complexity index is 2170. The lowest BCUT2D eigenvalue weighted by molar-refractivity contribution is 1.11. The first-order valence-corrected chi connectivity index (χ1v) is 13.7. The zero-order valence-electron chi connectivity index (χ0n) is 21.2. The van der Waals surface area contributed by atoms with E-state index in [1.807, 2.05) is 12.1 Å². The van der Waals surface area contributed by atoms with Gasteiger partial charge in [-0.25, -0.2) is 4.98 Å². The SMILES string of the molecule is Cc1ccc(-c2ccc(-n3c(-c4cccc5nsnc45)nc4c5ccccc5c5ccccc5c43)cc2)cc1. The molecule has 5 heteroatoms. The monoisotopic (exact) mass is 518 g/mol. The van der Waals surface area contributed by atoms with Gasteiger partial charge in [0, 0.05) is 22.0 Å². The summed E-state index contributed by atoms with van der Waals surface area (Å²) >= 11 is 1.24. The maximum absolute atomic E-state index is 5.36. The number of hydrogen-bond donors (Lipinski definition) is 0. The molecule has 0 aliphatic heterocycles. The van der Waals surface area contributed by atoms with E-state index < -0.39 is 0 Å². The molecule has 2 aromatic heterocycles. The van der Waals surface area contributed by atoms with E-state index in [-0.39, 0.29) is 0 Å². The van der Waals surface area contributed by atoms with Crippen molar-refractivity contribution in [3.8, 4) is 28.2 Å². The van der Waals surface area contributed by atoms with Crippen LogP contribution in [0.3, 0.4) is 0 Å². The predicted molar refractivity (Wildman–Crippen MR) is 163 cm³/mol. The molecule has 0 fully saturated rings. The molecule has 6 aromatic carbocycles. The predicted octanol–water partition coefficient (Wildman–Crippen LogP) is 8.98. The van der Waals surface area contributed by atoms with Crippen molar-refractivity contribution in [3.05, 3.63) is 121 Å².